The highest BCUT2D eigenvalue weighted by Crippen LogP contribution is 2.47. The minimum absolute atomic E-state index is 0.0121. The summed E-state index contributed by atoms with van der Waals surface area (Å²) in [5.41, 5.74) is 3.69. The Kier molecular flexibility index (Phi) is 5.46. The molecule has 2 aliphatic heterocycles. The van der Waals surface area contributed by atoms with E-state index in [4.69, 9.17) is 14.6 Å². The molecule has 0 radical (unpaired) electrons. The number of rotatable bonds is 5. The van der Waals surface area contributed by atoms with E-state index in [9.17, 15) is 4.39 Å². The monoisotopic (exact) mass is 513 g/mol. The van der Waals surface area contributed by atoms with Crippen molar-refractivity contribution in [3.8, 4) is 5.75 Å². The van der Waals surface area contributed by atoms with Crippen molar-refractivity contribution in [2.75, 3.05) is 26.8 Å². The van der Waals surface area contributed by atoms with Crippen LogP contribution in [0, 0.1) is 0 Å². The minimum atomic E-state index is -1.05. The summed E-state index contributed by atoms with van der Waals surface area (Å²) < 4.78 is 29.8. The molecule has 3 aromatic rings. The van der Waals surface area contributed by atoms with Gasteiger partial charge >= 0.3 is 0 Å². The third-order valence-corrected chi connectivity index (χ3v) is 7.93. The summed E-state index contributed by atoms with van der Waals surface area (Å²) >= 11 is 3.56. The summed E-state index contributed by atoms with van der Waals surface area (Å²) in [6.45, 7) is 2.07. The summed E-state index contributed by atoms with van der Waals surface area (Å²) in [7, 11) is 1.70. The SMILES string of the molecule is COc1cc(Br)ccc1C1c2ccc3c(cnn3C3CCCCO3)c2CCN1CC1(F)CC1. The van der Waals surface area contributed by atoms with Gasteiger partial charge < -0.3 is 9.47 Å². The summed E-state index contributed by atoms with van der Waals surface area (Å²) in [6, 6.07) is 10.5. The maximum absolute atomic E-state index is 15.0. The van der Waals surface area contributed by atoms with E-state index in [2.05, 4.69) is 43.7 Å². The van der Waals surface area contributed by atoms with Gasteiger partial charge in [-0.15, -0.1) is 0 Å². The second-order valence-corrected chi connectivity index (χ2v) is 10.6. The van der Waals surface area contributed by atoms with Gasteiger partial charge in [-0.3, -0.25) is 4.90 Å². The number of benzene rings is 2. The summed E-state index contributed by atoms with van der Waals surface area (Å²) in [5, 5.41) is 5.93. The second-order valence-electron chi connectivity index (χ2n) is 9.64. The van der Waals surface area contributed by atoms with E-state index in [1.807, 2.05) is 18.3 Å². The molecule has 0 bridgehead atoms. The first-order valence-electron chi connectivity index (χ1n) is 11.9. The molecular weight excluding hydrogens is 485 g/mol. The number of fused-ring (bicyclic) bond motifs is 3. The smallest absolute Gasteiger partial charge is 0.150 e. The molecule has 6 rings (SSSR count). The van der Waals surface area contributed by atoms with Gasteiger partial charge in [-0.05, 0) is 67.9 Å². The van der Waals surface area contributed by atoms with Crippen LogP contribution in [0.4, 0.5) is 4.39 Å². The number of hydrogen-bond acceptors (Lipinski definition) is 4. The molecule has 33 heavy (non-hydrogen) atoms. The molecule has 2 atom stereocenters. The van der Waals surface area contributed by atoms with Crippen molar-refractivity contribution in [2.24, 2.45) is 0 Å². The highest BCUT2D eigenvalue weighted by atomic mass is 79.9. The van der Waals surface area contributed by atoms with E-state index < -0.39 is 5.67 Å². The fraction of sp³-hybridized carbons (Fsp3) is 0.500. The van der Waals surface area contributed by atoms with Crippen LogP contribution in [0.1, 0.15) is 61.1 Å². The Morgan fingerprint density at radius 1 is 1.21 bits per heavy atom. The molecule has 2 aromatic carbocycles. The van der Waals surface area contributed by atoms with Crippen LogP contribution in [-0.4, -0.2) is 47.2 Å². The van der Waals surface area contributed by atoms with Gasteiger partial charge in [-0.1, -0.05) is 28.1 Å². The average Bonchev–Trinajstić information content (AvgIpc) is 3.39. The molecule has 2 fully saturated rings. The zero-order chi connectivity index (χ0) is 22.6. The van der Waals surface area contributed by atoms with Gasteiger partial charge in [0.1, 0.15) is 11.4 Å². The molecule has 0 amide bonds. The zero-order valence-corrected chi connectivity index (χ0v) is 20.5. The molecule has 3 heterocycles. The van der Waals surface area contributed by atoms with Crippen LogP contribution in [0.15, 0.2) is 41.0 Å². The van der Waals surface area contributed by atoms with Gasteiger partial charge in [0.15, 0.2) is 6.23 Å². The summed E-state index contributed by atoms with van der Waals surface area (Å²) in [4.78, 5) is 2.31. The number of alkyl halides is 1. The minimum Gasteiger partial charge on any atom is -0.496 e. The number of aromatic nitrogens is 2. The Balaban J connectivity index is 1.46. The van der Waals surface area contributed by atoms with Crippen molar-refractivity contribution in [2.45, 2.75) is 56.5 Å². The predicted octanol–water partition coefficient (Wildman–Crippen LogP) is 5.96. The largest absolute Gasteiger partial charge is 0.496 e. The van der Waals surface area contributed by atoms with Gasteiger partial charge in [0.2, 0.25) is 0 Å². The molecule has 1 saturated carbocycles. The predicted molar refractivity (Wildman–Crippen MR) is 129 cm³/mol. The highest BCUT2D eigenvalue weighted by molar-refractivity contribution is 9.10. The van der Waals surface area contributed by atoms with Crippen LogP contribution in [-0.2, 0) is 11.2 Å². The van der Waals surface area contributed by atoms with Crippen molar-refractivity contribution in [1.82, 2.24) is 14.7 Å². The van der Waals surface area contributed by atoms with Gasteiger partial charge in [-0.2, -0.15) is 5.10 Å². The van der Waals surface area contributed by atoms with E-state index in [1.54, 1.807) is 7.11 Å². The van der Waals surface area contributed by atoms with Gasteiger partial charge in [0.05, 0.1) is 24.9 Å². The van der Waals surface area contributed by atoms with Crippen LogP contribution in [0.3, 0.4) is 0 Å². The van der Waals surface area contributed by atoms with Gasteiger partial charge in [0.25, 0.3) is 0 Å². The molecule has 3 aliphatic rings. The molecule has 0 N–H and O–H groups in total. The van der Waals surface area contributed by atoms with Crippen LogP contribution in [0.2, 0.25) is 0 Å². The van der Waals surface area contributed by atoms with E-state index in [0.717, 1.165) is 53.7 Å². The maximum atomic E-state index is 15.0. The second kappa shape index (κ2) is 8.36. The van der Waals surface area contributed by atoms with E-state index in [1.165, 1.54) is 22.9 Å². The summed E-state index contributed by atoms with van der Waals surface area (Å²) in [5.74, 6) is 0.822. The van der Waals surface area contributed by atoms with Crippen molar-refractivity contribution < 1.29 is 13.9 Å². The molecule has 174 valence electrons. The third kappa shape index (κ3) is 3.88. The van der Waals surface area contributed by atoms with Crippen molar-refractivity contribution >= 4 is 26.8 Å². The molecule has 5 nitrogen and oxygen atoms in total. The third-order valence-electron chi connectivity index (χ3n) is 7.43. The maximum Gasteiger partial charge on any atom is 0.150 e. The number of methoxy groups -OCH3 is 1. The Hall–Kier alpha value is -1.96. The van der Waals surface area contributed by atoms with E-state index in [-0.39, 0.29) is 12.3 Å². The lowest BCUT2D eigenvalue weighted by Crippen LogP contribution is -2.40. The number of halogens is 2. The summed E-state index contributed by atoms with van der Waals surface area (Å²) in [6.07, 6.45) is 7.50. The number of nitrogens with zero attached hydrogens (tertiary/aromatic N) is 3. The Morgan fingerprint density at radius 3 is 2.82 bits per heavy atom. The topological polar surface area (TPSA) is 39.5 Å². The molecule has 0 spiro atoms. The Bertz CT molecular complexity index is 1190. The molecule has 2 unspecified atom stereocenters. The van der Waals surface area contributed by atoms with E-state index >= 15 is 0 Å². The highest BCUT2D eigenvalue weighted by Gasteiger charge is 2.47. The molecule has 1 saturated heterocycles. The quantitative estimate of drug-likeness (QED) is 0.422. The molecule has 7 heteroatoms. The first kappa shape index (κ1) is 21.6. The lowest BCUT2D eigenvalue weighted by atomic mass is 9.86. The first-order valence-corrected chi connectivity index (χ1v) is 12.7. The lowest BCUT2D eigenvalue weighted by Gasteiger charge is -2.39. The van der Waals surface area contributed by atoms with Gasteiger partial charge in [-0.25, -0.2) is 9.07 Å². The number of ether oxygens (including phenoxy) is 2. The van der Waals surface area contributed by atoms with Crippen LogP contribution >= 0.6 is 15.9 Å². The van der Waals surface area contributed by atoms with Crippen LogP contribution in [0.5, 0.6) is 5.75 Å². The fourth-order valence-corrected chi connectivity index (χ4v) is 5.90. The fourth-order valence-electron chi connectivity index (χ4n) is 5.56. The van der Waals surface area contributed by atoms with Gasteiger partial charge in [0, 0.05) is 35.1 Å². The molecule has 1 aromatic heterocycles. The lowest BCUT2D eigenvalue weighted by molar-refractivity contribution is -0.0366. The average molecular weight is 514 g/mol. The normalized spacial score (nSPS) is 24.6. The molecule has 1 aliphatic carbocycles. The van der Waals surface area contributed by atoms with Crippen LogP contribution < -0.4 is 4.74 Å². The Morgan fingerprint density at radius 2 is 2.06 bits per heavy atom. The number of hydrogen-bond donors (Lipinski definition) is 0. The van der Waals surface area contributed by atoms with Crippen LogP contribution in [0.25, 0.3) is 10.9 Å². The van der Waals surface area contributed by atoms with Crippen molar-refractivity contribution in [3.63, 3.8) is 0 Å². The van der Waals surface area contributed by atoms with Crippen molar-refractivity contribution in [3.05, 3.63) is 57.7 Å². The van der Waals surface area contributed by atoms with Crippen molar-refractivity contribution in [1.29, 1.82) is 0 Å². The zero-order valence-electron chi connectivity index (χ0n) is 18.9. The van der Waals surface area contributed by atoms with E-state index in [0.29, 0.717) is 19.4 Å². The first-order chi connectivity index (χ1) is 16.1. The Labute approximate surface area is 202 Å². The molecular formula is C26H29BrFN3O2. The standard InChI is InChI=1S/C26H29BrFN3O2/c1-32-23-14-17(27)5-6-20(23)25-19-7-8-22-21(15-29-31(22)24-4-2-3-13-33-24)18(19)9-12-30(25)16-26(28)10-11-26/h5-8,14-15,24-25H,2-4,9-13,16H2,1H3.